The molecule has 6 heteroatoms. The van der Waals surface area contributed by atoms with Crippen molar-refractivity contribution in [3.8, 4) is 0 Å². The van der Waals surface area contributed by atoms with Gasteiger partial charge in [0.25, 0.3) is 0 Å². The lowest BCUT2D eigenvalue weighted by atomic mass is 10.0. The first kappa shape index (κ1) is 10.1. The van der Waals surface area contributed by atoms with Gasteiger partial charge in [0, 0.05) is 19.4 Å². The number of oxime groups is 2. The van der Waals surface area contributed by atoms with Crippen LogP contribution in [0.15, 0.2) is 15.3 Å². The molecular weight excluding hydrogens is 198 g/mol. The van der Waals surface area contributed by atoms with Crippen molar-refractivity contribution in [2.45, 2.75) is 32.0 Å². The zero-order chi connectivity index (χ0) is 10.8. The summed E-state index contributed by atoms with van der Waals surface area (Å²) < 4.78 is 0. The SMILES string of the molecule is CC(O)C1CC(C2=NCC/C2=N\O)=NO1. The molecule has 2 rings (SSSR count). The summed E-state index contributed by atoms with van der Waals surface area (Å²) in [6, 6.07) is 0. The Kier molecular flexibility index (Phi) is 2.68. The Balaban J connectivity index is 2.08. The number of aliphatic imine (C=N–C) groups is 1. The summed E-state index contributed by atoms with van der Waals surface area (Å²) in [5, 5.41) is 25.1. The Morgan fingerprint density at radius 1 is 1.60 bits per heavy atom. The third-order valence-corrected chi connectivity index (χ3v) is 2.52. The van der Waals surface area contributed by atoms with E-state index in [0.29, 0.717) is 36.5 Å². The van der Waals surface area contributed by atoms with Crippen molar-refractivity contribution in [2.75, 3.05) is 6.54 Å². The molecule has 0 amide bonds. The van der Waals surface area contributed by atoms with Crippen LogP contribution in [0.1, 0.15) is 19.8 Å². The van der Waals surface area contributed by atoms with E-state index in [2.05, 4.69) is 15.3 Å². The molecule has 2 heterocycles. The van der Waals surface area contributed by atoms with Crippen molar-refractivity contribution in [1.29, 1.82) is 0 Å². The van der Waals surface area contributed by atoms with Crippen LogP contribution < -0.4 is 0 Å². The molecule has 0 aromatic carbocycles. The van der Waals surface area contributed by atoms with Crippen LogP contribution in [-0.2, 0) is 4.84 Å². The molecule has 2 unspecified atom stereocenters. The second kappa shape index (κ2) is 3.98. The summed E-state index contributed by atoms with van der Waals surface area (Å²) in [7, 11) is 0. The molecule has 0 saturated carbocycles. The predicted molar refractivity (Wildman–Crippen MR) is 54.7 cm³/mol. The van der Waals surface area contributed by atoms with E-state index >= 15 is 0 Å². The van der Waals surface area contributed by atoms with Gasteiger partial charge in [-0.3, -0.25) is 4.99 Å². The Morgan fingerprint density at radius 2 is 2.40 bits per heavy atom. The molecule has 0 aromatic heterocycles. The van der Waals surface area contributed by atoms with Crippen molar-refractivity contribution < 1.29 is 15.2 Å². The molecule has 2 aliphatic rings. The maximum atomic E-state index is 9.32. The van der Waals surface area contributed by atoms with Gasteiger partial charge in [0.1, 0.15) is 17.1 Å². The molecule has 6 nitrogen and oxygen atoms in total. The van der Waals surface area contributed by atoms with Gasteiger partial charge in [-0.05, 0) is 6.92 Å². The van der Waals surface area contributed by atoms with Crippen LogP contribution in [0.3, 0.4) is 0 Å². The first-order chi connectivity index (χ1) is 7.22. The largest absolute Gasteiger partial charge is 0.411 e. The van der Waals surface area contributed by atoms with Gasteiger partial charge in [0.2, 0.25) is 0 Å². The molecule has 0 radical (unpaired) electrons. The van der Waals surface area contributed by atoms with Crippen LogP contribution in [0.4, 0.5) is 0 Å². The van der Waals surface area contributed by atoms with Crippen LogP contribution in [0.2, 0.25) is 0 Å². The topological polar surface area (TPSA) is 86.8 Å². The molecular formula is C9H13N3O3. The molecule has 0 aromatic rings. The summed E-state index contributed by atoms with van der Waals surface area (Å²) >= 11 is 0. The molecule has 0 aliphatic carbocycles. The first-order valence-electron chi connectivity index (χ1n) is 4.89. The van der Waals surface area contributed by atoms with Crippen LogP contribution in [0, 0.1) is 0 Å². The first-order valence-corrected chi connectivity index (χ1v) is 4.89. The fourth-order valence-electron chi connectivity index (χ4n) is 1.63. The number of nitrogens with zero attached hydrogens (tertiary/aromatic N) is 3. The summed E-state index contributed by atoms with van der Waals surface area (Å²) in [6.45, 7) is 2.27. The van der Waals surface area contributed by atoms with Crippen molar-refractivity contribution in [1.82, 2.24) is 0 Å². The van der Waals surface area contributed by atoms with Crippen LogP contribution >= 0.6 is 0 Å². The fourth-order valence-corrected chi connectivity index (χ4v) is 1.63. The van der Waals surface area contributed by atoms with E-state index in [9.17, 15) is 5.11 Å². The van der Waals surface area contributed by atoms with Gasteiger partial charge in [-0.2, -0.15) is 0 Å². The van der Waals surface area contributed by atoms with Gasteiger partial charge < -0.3 is 15.2 Å². The lowest BCUT2D eigenvalue weighted by molar-refractivity contribution is -0.00780. The average molecular weight is 211 g/mol. The normalized spacial score (nSPS) is 30.0. The molecule has 82 valence electrons. The lowest BCUT2D eigenvalue weighted by Gasteiger charge is -2.09. The van der Waals surface area contributed by atoms with E-state index in [4.69, 9.17) is 10.0 Å². The number of hydrogen-bond donors (Lipinski definition) is 2. The van der Waals surface area contributed by atoms with Crippen LogP contribution in [0.5, 0.6) is 0 Å². The molecule has 0 saturated heterocycles. The Morgan fingerprint density at radius 3 is 3.00 bits per heavy atom. The van der Waals surface area contributed by atoms with E-state index in [-0.39, 0.29) is 6.10 Å². The smallest absolute Gasteiger partial charge is 0.158 e. The maximum Gasteiger partial charge on any atom is 0.158 e. The third kappa shape index (κ3) is 1.85. The van der Waals surface area contributed by atoms with Gasteiger partial charge in [-0.25, -0.2) is 0 Å². The Hall–Kier alpha value is -1.43. The molecule has 0 fully saturated rings. The summed E-state index contributed by atoms with van der Waals surface area (Å²) in [6.07, 6.45) is 0.255. The second-order valence-electron chi connectivity index (χ2n) is 3.65. The molecule has 0 bridgehead atoms. The van der Waals surface area contributed by atoms with E-state index in [0.717, 1.165) is 0 Å². The summed E-state index contributed by atoms with van der Waals surface area (Å²) in [5.41, 5.74) is 1.82. The number of hydrogen-bond acceptors (Lipinski definition) is 6. The van der Waals surface area contributed by atoms with Crippen molar-refractivity contribution in [3.05, 3.63) is 0 Å². The Bertz CT molecular complexity index is 347. The molecule has 2 atom stereocenters. The minimum Gasteiger partial charge on any atom is -0.411 e. The fraction of sp³-hybridized carbons (Fsp3) is 0.667. The predicted octanol–water partition coefficient (Wildman–Crippen LogP) is 0.187. The van der Waals surface area contributed by atoms with E-state index in [1.165, 1.54) is 0 Å². The minimum absolute atomic E-state index is 0.316. The molecule has 2 N–H and O–H groups in total. The van der Waals surface area contributed by atoms with Gasteiger partial charge in [0.05, 0.1) is 6.10 Å². The van der Waals surface area contributed by atoms with Crippen molar-refractivity contribution >= 4 is 17.1 Å². The van der Waals surface area contributed by atoms with Crippen LogP contribution in [-0.4, -0.2) is 46.2 Å². The van der Waals surface area contributed by atoms with E-state index in [1.807, 2.05) is 0 Å². The van der Waals surface area contributed by atoms with Gasteiger partial charge >= 0.3 is 0 Å². The maximum absolute atomic E-state index is 9.32. The number of rotatable bonds is 2. The molecule has 0 spiro atoms. The lowest BCUT2D eigenvalue weighted by Crippen LogP contribution is -2.26. The third-order valence-electron chi connectivity index (χ3n) is 2.52. The zero-order valence-electron chi connectivity index (χ0n) is 8.42. The highest BCUT2D eigenvalue weighted by Gasteiger charge is 2.31. The second-order valence-corrected chi connectivity index (χ2v) is 3.65. The number of aliphatic hydroxyl groups excluding tert-OH is 1. The highest BCUT2D eigenvalue weighted by Crippen LogP contribution is 2.17. The van der Waals surface area contributed by atoms with Crippen LogP contribution in [0.25, 0.3) is 0 Å². The van der Waals surface area contributed by atoms with Crippen molar-refractivity contribution in [3.63, 3.8) is 0 Å². The average Bonchev–Trinajstić information content (AvgIpc) is 2.85. The Labute approximate surface area is 86.9 Å². The highest BCUT2D eigenvalue weighted by atomic mass is 16.7. The van der Waals surface area contributed by atoms with Gasteiger partial charge in [0.15, 0.2) is 6.10 Å². The van der Waals surface area contributed by atoms with Crippen molar-refractivity contribution in [2.24, 2.45) is 15.3 Å². The minimum atomic E-state index is -0.567. The standard InChI is InChI=1S/C9H13N3O3/c1-5(13)8-4-7(12-15-8)9-6(11-14)2-3-10-9/h5,8,13-14H,2-4H2,1H3/b11-6+. The van der Waals surface area contributed by atoms with Gasteiger partial charge in [-0.1, -0.05) is 10.3 Å². The zero-order valence-corrected chi connectivity index (χ0v) is 8.42. The summed E-state index contributed by atoms with van der Waals surface area (Å²) in [4.78, 5) is 9.25. The van der Waals surface area contributed by atoms with E-state index < -0.39 is 6.10 Å². The quantitative estimate of drug-likeness (QED) is 0.504. The highest BCUT2D eigenvalue weighted by molar-refractivity contribution is 6.69. The number of aliphatic hydroxyl groups is 1. The summed E-state index contributed by atoms with van der Waals surface area (Å²) in [5.74, 6) is 0. The molecule has 2 aliphatic heterocycles. The molecule has 15 heavy (non-hydrogen) atoms. The van der Waals surface area contributed by atoms with E-state index in [1.54, 1.807) is 6.92 Å². The van der Waals surface area contributed by atoms with Gasteiger partial charge in [-0.15, -0.1) is 0 Å². The monoisotopic (exact) mass is 211 g/mol.